The summed E-state index contributed by atoms with van der Waals surface area (Å²) < 4.78 is 5.40. The second kappa shape index (κ2) is 15.3. The van der Waals surface area contributed by atoms with Crippen molar-refractivity contribution in [3.63, 3.8) is 0 Å². The van der Waals surface area contributed by atoms with Gasteiger partial charge >= 0.3 is 0 Å². The lowest BCUT2D eigenvalue weighted by Crippen LogP contribution is -2.62. The van der Waals surface area contributed by atoms with Gasteiger partial charge in [0, 0.05) is 32.1 Å². The zero-order valence-electron chi connectivity index (χ0n) is 28.2. The summed E-state index contributed by atoms with van der Waals surface area (Å²) in [7, 11) is 1.41. The number of carbonyl (C=O) groups excluding carboxylic acids is 6. The predicted octanol–water partition coefficient (Wildman–Crippen LogP) is 0.901. The van der Waals surface area contributed by atoms with E-state index < -0.39 is 71.0 Å². The molecule has 2 unspecified atom stereocenters. The summed E-state index contributed by atoms with van der Waals surface area (Å²) in [6, 6.07) is -4.10. The molecule has 2 heterocycles. The summed E-state index contributed by atoms with van der Waals surface area (Å²) in [4.78, 5) is 90.1. The van der Waals surface area contributed by atoms with Gasteiger partial charge in [-0.1, -0.05) is 40.5 Å². The van der Waals surface area contributed by atoms with Crippen LogP contribution < -0.4 is 21.3 Å². The zero-order valence-corrected chi connectivity index (χ0v) is 28.2. The number of methoxy groups -OCH3 is 1. The van der Waals surface area contributed by atoms with Gasteiger partial charge in [-0.25, -0.2) is 4.98 Å². The van der Waals surface area contributed by atoms with Gasteiger partial charge in [0.2, 0.25) is 23.5 Å². The fourth-order valence-corrected chi connectivity index (χ4v) is 6.54. The number of fused-ring (bicyclic) bond motifs is 1. The monoisotopic (exact) mass is 655 g/mol. The average Bonchev–Trinajstić information content (AvgIpc) is 3.61. The molecule has 4 rings (SSSR count). The molecule has 3 fully saturated rings. The molecule has 2 aliphatic carbocycles. The molecule has 1 saturated heterocycles. The number of hydrogen-bond donors (Lipinski definition) is 4. The van der Waals surface area contributed by atoms with Crippen molar-refractivity contribution < 1.29 is 33.5 Å². The van der Waals surface area contributed by atoms with Crippen LogP contribution >= 0.6 is 0 Å². The van der Waals surface area contributed by atoms with E-state index in [-0.39, 0.29) is 30.0 Å². The van der Waals surface area contributed by atoms with Gasteiger partial charge in [0.25, 0.3) is 11.8 Å². The molecule has 5 amide bonds. The number of likely N-dealkylation sites (tertiary alicyclic amines) is 1. The number of Topliss-reactive ketones (excluding diaryl/α,β-unsaturated/α-hetero) is 1. The number of ether oxygens (including phenoxy) is 1. The maximum Gasteiger partial charge on any atom is 0.289 e. The van der Waals surface area contributed by atoms with Gasteiger partial charge in [-0.15, -0.1) is 0 Å². The number of nitrogens with zero attached hydrogens (tertiary/aromatic N) is 3. The Kier molecular flexibility index (Phi) is 11.7. The van der Waals surface area contributed by atoms with E-state index in [4.69, 9.17) is 4.74 Å². The molecule has 1 aromatic rings. The van der Waals surface area contributed by atoms with Gasteiger partial charge in [0.15, 0.2) is 0 Å². The van der Waals surface area contributed by atoms with Crippen molar-refractivity contribution in [1.82, 2.24) is 36.1 Å². The third-order valence-corrected chi connectivity index (χ3v) is 9.39. The average molecular weight is 656 g/mol. The number of hydrogen-bond acceptors (Lipinski definition) is 9. The van der Waals surface area contributed by atoms with Crippen LogP contribution in [0.25, 0.3) is 0 Å². The standard InChI is InChI=1S/C33H49N7O7/c1-7-9-22(26(41)31(45)36-20-12-13-20)37-30(44)25-21-11-8-10-19(21)17-40(25)32(46)27(33(3,4)5)39-29(43)24(18(2)47-6)38-28(42)23-16-34-14-15-35-23/h14-16,18-22,24-25,27H,7-13,17H2,1-6H3,(H,36,45)(H,37,44)(H,38,42)(H,39,43)/t18-,19?,21+,22?,24+,25+,27-/m1/s1. The Morgan fingerprint density at radius 1 is 1.02 bits per heavy atom. The lowest BCUT2D eigenvalue weighted by molar-refractivity contribution is -0.146. The molecule has 7 atom stereocenters. The molecule has 14 heteroatoms. The van der Waals surface area contributed by atoms with Gasteiger partial charge in [0.05, 0.1) is 18.3 Å². The van der Waals surface area contributed by atoms with Crippen LogP contribution in [0, 0.1) is 17.3 Å². The van der Waals surface area contributed by atoms with Crippen LogP contribution in [0.1, 0.15) is 90.1 Å². The second-order valence-electron chi connectivity index (χ2n) is 14.0. The molecule has 1 aliphatic heterocycles. The molecule has 14 nitrogen and oxygen atoms in total. The van der Waals surface area contributed by atoms with Crippen molar-refractivity contribution in [2.75, 3.05) is 13.7 Å². The maximum atomic E-state index is 14.4. The topological polar surface area (TPSA) is 189 Å². The molecule has 0 bridgehead atoms. The summed E-state index contributed by atoms with van der Waals surface area (Å²) in [5.41, 5.74) is -0.776. The van der Waals surface area contributed by atoms with E-state index in [1.807, 2.05) is 27.7 Å². The van der Waals surface area contributed by atoms with Gasteiger partial charge in [-0.3, -0.25) is 33.8 Å². The fraction of sp³-hybridized carbons (Fsp3) is 0.697. The molecular weight excluding hydrogens is 606 g/mol. The van der Waals surface area contributed by atoms with Crippen molar-refractivity contribution in [3.05, 3.63) is 24.3 Å². The first-order chi connectivity index (χ1) is 22.3. The van der Waals surface area contributed by atoms with Gasteiger partial charge in [-0.2, -0.15) is 0 Å². The number of nitrogens with one attached hydrogen (secondary N) is 4. The third kappa shape index (κ3) is 8.70. The molecule has 1 aromatic heterocycles. The number of ketones is 1. The quantitative estimate of drug-likeness (QED) is 0.211. The minimum Gasteiger partial charge on any atom is -0.379 e. The molecule has 0 spiro atoms. The van der Waals surface area contributed by atoms with E-state index >= 15 is 0 Å². The normalized spacial score (nSPS) is 23.1. The first-order valence-corrected chi connectivity index (χ1v) is 16.6. The van der Waals surface area contributed by atoms with E-state index in [0.717, 1.165) is 32.1 Å². The van der Waals surface area contributed by atoms with E-state index in [9.17, 15) is 28.8 Å². The maximum absolute atomic E-state index is 14.4. The molecule has 258 valence electrons. The summed E-state index contributed by atoms with van der Waals surface area (Å²) in [5, 5.41) is 11.0. The first kappa shape index (κ1) is 35.9. The van der Waals surface area contributed by atoms with E-state index in [0.29, 0.717) is 13.0 Å². The van der Waals surface area contributed by atoms with Crippen LogP contribution in [0.15, 0.2) is 18.6 Å². The largest absolute Gasteiger partial charge is 0.379 e. The van der Waals surface area contributed by atoms with Crippen LogP contribution in [0.4, 0.5) is 0 Å². The lowest BCUT2D eigenvalue weighted by Gasteiger charge is -2.37. The van der Waals surface area contributed by atoms with Crippen molar-refractivity contribution in [2.45, 2.75) is 116 Å². The highest BCUT2D eigenvalue weighted by atomic mass is 16.5. The summed E-state index contributed by atoms with van der Waals surface area (Å²) in [6.07, 6.45) is 8.33. The highest BCUT2D eigenvalue weighted by molar-refractivity contribution is 6.38. The number of rotatable bonds is 14. The number of carbonyl (C=O) groups is 6. The fourth-order valence-electron chi connectivity index (χ4n) is 6.54. The van der Waals surface area contributed by atoms with Crippen LogP contribution in [-0.4, -0.2) is 100 Å². The highest BCUT2D eigenvalue weighted by Crippen LogP contribution is 2.43. The minimum absolute atomic E-state index is 0.00275. The van der Waals surface area contributed by atoms with E-state index in [2.05, 4.69) is 31.2 Å². The molecule has 0 aromatic carbocycles. The van der Waals surface area contributed by atoms with E-state index in [1.165, 1.54) is 30.6 Å². The van der Waals surface area contributed by atoms with Crippen molar-refractivity contribution >= 4 is 35.3 Å². The SMILES string of the molecule is CCCC(NC(=O)[C@@H]1[C@H]2CCCC2CN1C(=O)[C@@H](NC(=O)[C@@H](NC(=O)c1cnccn1)[C@@H](C)OC)C(C)(C)C)C(=O)C(=O)NC1CC1. The van der Waals surface area contributed by atoms with Gasteiger partial charge in [-0.05, 0) is 56.3 Å². The Hall–Kier alpha value is -3.94. The Morgan fingerprint density at radius 3 is 2.34 bits per heavy atom. The van der Waals surface area contributed by atoms with Crippen LogP contribution in [0.5, 0.6) is 0 Å². The molecule has 2 saturated carbocycles. The van der Waals surface area contributed by atoms with E-state index in [1.54, 1.807) is 6.92 Å². The minimum atomic E-state index is -1.17. The van der Waals surface area contributed by atoms with Gasteiger partial charge < -0.3 is 30.9 Å². The molecule has 47 heavy (non-hydrogen) atoms. The molecule has 0 radical (unpaired) electrons. The number of amides is 5. The number of aromatic nitrogens is 2. The zero-order chi connectivity index (χ0) is 34.5. The van der Waals surface area contributed by atoms with Crippen LogP contribution in [0.3, 0.4) is 0 Å². The molecular formula is C33H49N7O7. The summed E-state index contributed by atoms with van der Waals surface area (Å²) >= 11 is 0. The Morgan fingerprint density at radius 2 is 1.74 bits per heavy atom. The predicted molar refractivity (Wildman–Crippen MR) is 170 cm³/mol. The lowest BCUT2D eigenvalue weighted by atomic mass is 9.85. The van der Waals surface area contributed by atoms with Gasteiger partial charge in [0.1, 0.15) is 23.8 Å². The summed E-state index contributed by atoms with van der Waals surface area (Å²) in [6.45, 7) is 9.25. The smallest absolute Gasteiger partial charge is 0.289 e. The second-order valence-corrected chi connectivity index (χ2v) is 14.0. The Bertz CT molecular complexity index is 1330. The first-order valence-electron chi connectivity index (χ1n) is 16.6. The van der Waals surface area contributed by atoms with Crippen LogP contribution in [-0.2, 0) is 28.7 Å². The van der Waals surface area contributed by atoms with Crippen LogP contribution in [0.2, 0.25) is 0 Å². The Labute approximate surface area is 275 Å². The van der Waals surface area contributed by atoms with Crippen molar-refractivity contribution in [2.24, 2.45) is 17.3 Å². The van der Waals surface area contributed by atoms with Crippen molar-refractivity contribution in [1.29, 1.82) is 0 Å². The molecule has 3 aliphatic rings. The molecule has 4 N–H and O–H groups in total. The van der Waals surface area contributed by atoms with Crippen molar-refractivity contribution in [3.8, 4) is 0 Å². The highest BCUT2D eigenvalue weighted by Gasteiger charge is 2.52. The summed E-state index contributed by atoms with van der Waals surface area (Å²) in [5.74, 6) is -3.59. The third-order valence-electron chi connectivity index (χ3n) is 9.39. The Balaban J connectivity index is 1.55.